The highest BCUT2D eigenvalue weighted by Gasteiger charge is 2.52. The van der Waals surface area contributed by atoms with E-state index in [0.717, 1.165) is 0 Å². The fourth-order valence-electron chi connectivity index (χ4n) is 3.09. The fraction of sp³-hybridized carbons (Fsp3) is 0.688. The first-order valence-corrected chi connectivity index (χ1v) is 13.6. The molecule has 1 fully saturated rings. The minimum atomic E-state index is -3.39. The quantitative estimate of drug-likeness (QED) is 0.355. The maximum absolute atomic E-state index is 12.1. The summed E-state index contributed by atoms with van der Waals surface area (Å²) in [6, 6.07) is 0. The number of anilines is 1. The number of H-pyrrole nitrogens is 1. The van der Waals surface area contributed by atoms with Crippen molar-refractivity contribution in [1.29, 1.82) is 0 Å². The van der Waals surface area contributed by atoms with Gasteiger partial charge >= 0.3 is 8.25 Å². The van der Waals surface area contributed by atoms with Crippen LogP contribution in [-0.2, 0) is 18.3 Å². The Morgan fingerprint density at radius 3 is 2.63 bits per heavy atom. The topological polar surface area (TPSA) is 175 Å². The molecule has 1 aliphatic heterocycles. The lowest BCUT2D eigenvalue weighted by Gasteiger charge is -2.40. The van der Waals surface area contributed by atoms with Crippen molar-refractivity contribution in [3.05, 3.63) is 16.6 Å². The summed E-state index contributed by atoms with van der Waals surface area (Å²) in [6.45, 7) is 9.76. The van der Waals surface area contributed by atoms with Crippen molar-refractivity contribution >= 4 is 33.6 Å². The summed E-state index contributed by atoms with van der Waals surface area (Å²) in [5.74, 6) is -0.117. The summed E-state index contributed by atoms with van der Waals surface area (Å²) in [5.41, 5.74) is 5.29. The Bertz CT molecular complexity index is 1000. The number of aliphatic hydroxyl groups is 1. The summed E-state index contributed by atoms with van der Waals surface area (Å²) in [4.78, 5) is 28.1. The van der Waals surface area contributed by atoms with Crippen molar-refractivity contribution in [2.24, 2.45) is 0 Å². The zero-order valence-corrected chi connectivity index (χ0v) is 19.4. The van der Waals surface area contributed by atoms with E-state index >= 15 is 0 Å². The molecular formula is C16H28N5O7PSi. The van der Waals surface area contributed by atoms with Crippen LogP contribution in [0.2, 0.25) is 18.1 Å². The number of nitrogens with zero attached hydrogens (tertiary/aromatic N) is 3. The second kappa shape index (κ2) is 8.15. The van der Waals surface area contributed by atoms with Crippen LogP contribution in [0.4, 0.5) is 5.95 Å². The van der Waals surface area contributed by atoms with Gasteiger partial charge in [0, 0.05) is 0 Å². The van der Waals surface area contributed by atoms with Gasteiger partial charge in [-0.3, -0.25) is 18.9 Å². The number of ether oxygens (including phenoxy) is 1. The number of nitrogens with two attached hydrogens (primary N) is 1. The third kappa shape index (κ3) is 4.24. The SMILES string of the molecule is CC(C)(C)[Si](C)(C)OC1C(O[PH](=O)O)[C@H](n2ncc3c(=O)[nH]c(N)nc32)O[C@@H]1CO. The Hall–Kier alpha value is -1.60. The predicted octanol–water partition coefficient (Wildman–Crippen LogP) is 0.749. The molecule has 0 aromatic carbocycles. The van der Waals surface area contributed by atoms with Crippen LogP contribution in [0, 0.1) is 0 Å². The first-order valence-electron chi connectivity index (χ1n) is 9.42. The average Bonchev–Trinajstić information content (AvgIpc) is 3.15. The second-order valence-corrected chi connectivity index (χ2v) is 14.2. The van der Waals surface area contributed by atoms with Gasteiger partial charge in [0.25, 0.3) is 5.56 Å². The van der Waals surface area contributed by atoms with Gasteiger partial charge in [0.2, 0.25) is 5.95 Å². The summed E-state index contributed by atoms with van der Waals surface area (Å²) in [7, 11) is -5.76. The molecular weight excluding hydrogens is 433 g/mol. The number of fused-ring (bicyclic) bond motifs is 1. The molecule has 3 unspecified atom stereocenters. The molecule has 3 rings (SSSR count). The van der Waals surface area contributed by atoms with Crippen LogP contribution in [0.15, 0.2) is 11.0 Å². The van der Waals surface area contributed by atoms with E-state index in [0.29, 0.717) is 0 Å². The standard InChI is InChI=1S/C16H28N5O7PSi/c1-16(2,3)30(4,5)28-10-9(7-22)26-14(11(10)27-29(24)25)21-12-8(6-18-21)13(23)20-15(17)19-12/h6,9-11,14,22,29H,7H2,1-5H3,(H,24,25)(H3,17,19,20,23)/t9-,10?,11?,14-/m1/s1. The van der Waals surface area contributed by atoms with Gasteiger partial charge in [-0.05, 0) is 18.1 Å². The number of hydrogen-bond acceptors (Lipinski definition) is 9. The van der Waals surface area contributed by atoms with Crippen molar-refractivity contribution in [2.45, 2.75) is 63.4 Å². The lowest BCUT2D eigenvalue weighted by Crippen LogP contribution is -2.50. The molecule has 5 atom stereocenters. The number of rotatable bonds is 6. The third-order valence-corrected chi connectivity index (χ3v) is 10.6. The number of aromatic amines is 1. The molecule has 0 spiro atoms. The lowest BCUT2D eigenvalue weighted by molar-refractivity contribution is -0.0534. The summed E-state index contributed by atoms with van der Waals surface area (Å²) in [6.07, 6.45) is -2.52. The van der Waals surface area contributed by atoms with Crippen molar-refractivity contribution < 1.29 is 28.3 Å². The van der Waals surface area contributed by atoms with E-state index in [4.69, 9.17) is 19.4 Å². The molecule has 1 aliphatic rings. The molecule has 2 aromatic heterocycles. The maximum Gasteiger partial charge on any atom is 0.317 e. The second-order valence-electron chi connectivity index (χ2n) is 8.72. The van der Waals surface area contributed by atoms with Gasteiger partial charge in [0.05, 0.1) is 12.8 Å². The van der Waals surface area contributed by atoms with E-state index < -0.39 is 53.3 Å². The van der Waals surface area contributed by atoms with E-state index in [1.54, 1.807) is 0 Å². The van der Waals surface area contributed by atoms with Gasteiger partial charge < -0.3 is 24.9 Å². The molecule has 5 N–H and O–H groups in total. The number of hydrogen-bond donors (Lipinski definition) is 4. The van der Waals surface area contributed by atoms with Crippen LogP contribution in [0.25, 0.3) is 11.0 Å². The number of aliphatic hydroxyl groups excluding tert-OH is 1. The minimum absolute atomic E-state index is 0.117. The number of nitrogen functional groups attached to an aromatic ring is 1. The zero-order valence-electron chi connectivity index (χ0n) is 17.4. The Morgan fingerprint density at radius 2 is 2.07 bits per heavy atom. The summed E-state index contributed by atoms with van der Waals surface area (Å²) in [5, 5.41) is 14.1. The van der Waals surface area contributed by atoms with Crippen LogP contribution in [-0.4, -0.2) is 63.0 Å². The van der Waals surface area contributed by atoms with Gasteiger partial charge in [0.1, 0.15) is 23.7 Å². The van der Waals surface area contributed by atoms with Crippen molar-refractivity contribution in [1.82, 2.24) is 19.7 Å². The predicted molar refractivity (Wildman–Crippen MR) is 112 cm³/mol. The molecule has 14 heteroatoms. The van der Waals surface area contributed by atoms with Gasteiger partial charge in [-0.2, -0.15) is 10.1 Å². The normalized spacial score (nSPS) is 26.4. The third-order valence-electron chi connectivity index (χ3n) is 5.66. The van der Waals surface area contributed by atoms with E-state index in [-0.39, 0.29) is 22.0 Å². The molecule has 2 aromatic rings. The smallest absolute Gasteiger partial charge is 0.317 e. The molecule has 168 valence electrons. The Morgan fingerprint density at radius 1 is 1.40 bits per heavy atom. The highest BCUT2D eigenvalue weighted by molar-refractivity contribution is 7.32. The van der Waals surface area contributed by atoms with E-state index in [1.165, 1.54) is 10.9 Å². The zero-order chi connectivity index (χ0) is 22.4. The van der Waals surface area contributed by atoms with Gasteiger partial charge in [-0.1, -0.05) is 20.8 Å². The van der Waals surface area contributed by atoms with Crippen LogP contribution in [0.1, 0.15) is 27.0 Å². The first kappa shape index (κ1) is 23.1. The summed E-state index contributed by atoms with van der Waals surface area (Å²) >= 11 is 0. The van der Waals surface area contributed by atoms with Crippen molar-refractivity contribution in [3.8, 4) is 0 Å². The fourth-order valence-corrected chi connectivity index (χ4v) is 4.90. The largest absolute Gasteiger partial charge is 0.408 e. The molecule has 0 aliphatic carbocycles. The van der Waals surface area contributed by atoms with E-state index in [9.17, 15) is 19.4 Å². The van der Waals surface area contributed by atoms with Gasteiger partial charge in [-0.15, -0.1) is 0 Å². The Labute approximate surface area is 174 Å². The Kier molecular flexibility index (Phi) is 6.27. The molecule has 0 saturated carbocycles. The highest BCUT2D eigenvalue weighted by Crippen LogP contribution is 2.44. The molecule has 3 heterocycles. The first-order chi connectivity index (χ1) is 13.9. The highest BCUT2D eigenvalue weighted by atomic mass is 31.1. The van der Waals surface area contributed by atoms with E-state index in [1.807, 2.05) is 33.9 Å². The lowest BCUT2D eigenvalue weighted by atomic mass is 10.1. The van der Waals surface area contributed by atoms with Crippen LogP contribution in [0.5, 0.6) is 0 Å². The molecule has 0 bridgehead atoms. The van der Waals surface area contributed by atoms with Crippen molar-refractivity contribution in [2.75, 3.05) is 12.3 Å². The molecule has 1 saturated heterocycles. The average molecular weight is 461 g/mol. The van der Waals surface area contributed by atoms with E-state index in [2.05, 4.69) is 15.1 Å². The molecule has 0 amide bonds. The minimum Gasteiger partial charge on any atom is -0.408 e. The van der Waals surface area contributed by atoms with Gasteiger partial charge in [0.15, 0.2) is 20.2 Å². The number of nitrogens with one attached hydrogen (secondary N) is 1. The van der Waals surface area contributed by atoms with Crippen LogP contribution < -0.4 is 11.3 Å². The molecule has 12 nitrogen and oxygen atoms in total. The molecule has 0 radical (unpaired) electrons. The summed E-state index contributed by atoms with van der Waals surface area (Å²) < 4.78 is 30.5. The van der Waals surface area contributed by atoms with Crippen LogP contribution >= 0.6 is 8.25 Å². The number of aromatic nitrogens is 4. The maximum atomic E-state index is 12.1. The monoisotopic (exact) mass is 461 g/mol. The van der Waals surface area contributed by atoms with Gasteiger partial charge in [-0.25, -0.2) is 4.68 Å². The Balaban J connectivity index is 2.07. The van der Waals surface area contributed by atoms with Crippen molar-refractivity contribution in [3.63, 3.8) is 0 Å². The van der Waals surface area contributed by atoms with Crippen LogP contribution in [0.3, 0.4) is 0 Å². The molecule has 30 heavy (non-hydrogen) atoms.